The summed E-state index contributed by atoms with van der Waals surface area (Å²) >= 11 is 0. The van der Waals surface area contributed by atoms with Crippen LogP contribution < -0.4 is 0 Å². The maximum Gasteiger partial charge on any atom is 0.329 e. The molecular weight excluding hydrogens is 943 g/mol. The van der Waals surface area contributed by atoms with Gasteiger partial charge in [-0.2, -0.15) is 0 Å². The molecule has 3 heterocycles. The number of fused-ring (bicyclic) bond motifs is 3. The molecule has 3 aliphatic heterocycles. The minimum Gasteiger partial charge on any atom is -0.460 e. The maximum atomic E-state index is 14.6. The van der Waals surface area contributed by atoms with Crippen molar-refractivity contribution >= 4 is 29.2 Å². The van der Waals surface area contributed by atoms with Crippen LogP contribution in [-0.2, 0) is 58.8 Å². The van der Waals surface area contributed by atoms with Gasteiger partial charge in [-0.25, -0.2) is 4.79 Å². The van der Waals surface area contributed by atoms with Crippen LogP contribution in [-0.4, -0.2) is 133 Å². The van der Waals surface area contributed by atoms with Crippen LogP contribution in [0.4, 0.5) is 0 Å². The van der Waals surface area contributed by atoms with Gasteiger partial charge < -0.3 is 43.5 Å². The Morgan fingerprint density at radius 3 is 2.27 bits per heavy atom. The summed E-state index contributed by atoms with van der Waals surface area (Å²) < 4.78 is 36.4. The third-order valence-electron chi connectivity index (χ3n) is 16.2. The average molecular weight is 1030 g/mol. The lowest BCUT2D eigenvalue weighted by Crippen LogP contribution is -2.61. The fraction of sp³-hybridized carbons (Fsp3) is 0.683. The number of cyclic esters (lactones) is 1. The predicted molar refractivity (Wildman–Crippen MR) is 284 cm³/mol. The minimum atomic E-state index is -2.43. The van der Waals surface area contributed by atoms with Crippen molar-refractivity contribution in [1.29, 1.82) is 0 Å². The van der Waals surface area contributed by atoms with Gasteiger partial charge in [-0.15, -0.1) is 0 Å². The molecule has 2 saturated heterocycles. The first kappa shape index (κ1) is 60.7. The van der Waals surface area contributed by atoms with Gasteiger partial charge in [-0.3, -0.25) is 19.2 Å². The number of ether oxygens (including phenoxy) is 6. The highest BCUT2D eigenvalue weighted by molar-refractivity contribution is 6.39. The fourth-order valence-electron chi connectivity index (χ4n) is 11.4. The van der Waals surface area contributed by atoms with Crippen molar-refractivity contribution in [1.82, 2.24) is 4.90 Å². The number of hydrogen-bond acceptors (Lipinski definition) is 13. The number of ketones is 3. The van der Waals surface area contributed by atoms with Gasteiger partial charge in [0.05, 0.1) is 24.4 Å². The summed E-state index contributed by atoms with van der Waals surface area (Å²) in [6, 6.07) is 9.19. The van der Waals surface area contributed by atoms with Crippen LogP contribution in [0.3, 0.4) is 0 Å². The Morgan fingerprint density at radius 1 is 0.824 bits per heavy atom. The molecule has 1 aromatic carbocycles. The quantitative estimate of drug-likeness (QED) is 0.0929. The van der Waals surface area contributed by atoms with Crippen molar-refractivity contribution in [3.05, 3.63) is 83.5 Å². The number of nitrogens with zero attached hydrogens (tertiary/aromatic N) is 1. The number of aliphatic hydroxyl groups excluding tert-OH is 1. The third-order valence-corrected chi connectivity index (χ3v) is 16.2. The van der Waals surface area contributed by atoms with Gasteiger partial charge in [0.2, 0.25) is 5.79 Å². The first-order chi connectivity index (χ1) is 35.3. The summed E-state index contributed by atoms with van der Waals surface area (Å²) in [5, 5.41) is 23.6. The van der Waals surface area contributed by atoms with Gasteiger partial charge in [0.1, 0.15) is 30.1 Å². The van der Waals surface area contributed by atoms with Gasteiger partial charge in [-0.1, -0.05) is 101 Å². The SMILES string of the molecule is CO[C@H]1CC2CC[C@@H](C)[C@@](O)(O2)C(=O)C(=O)N2CCCC[C@H]2C(=O)OC(C(C)C[C@@H]2CC[C@@H](OCCCc3ccccc3)[C@H](OC)C2)CC(=O)[C@H](C)/C=C(\C)[C@@H](O)[C@@H](OC)C(=O)[C@H](C)C[C@H](C)/C=C/C=C/C=C/1C. The molecule has 74 heavy (non-hydrogen) atoms. The van der Waals surface area contributed by atoms with E-state index in [1.165, 1.54) is 17.6 Å². The van der Waals surface area contributed by atoms with Crippen molar-refractivity contribution in [2.45, 2.75) is 193 Å². The van der Waals surface area contributed by atoms with Crippen LogP contribution in [0.2, 0.25) is 0 Å². The number of allylic oxidation sites excluding steroid dienone is 6. The van der Waals surface area contributed by atoms with Crippen LogP contribution in [0.5, 0.6) is 0 Å². The monoisotopic (exact) mass is 1030 g/mol. The molecule has 5 rings (SSSR count). The molecule has 1 aromatic rings. The Balaban J connectivity index is 1.41. The molecule has 3 fully saturated rings. The topological polar surface area (TPSA) is 184 Å². The molecule has 1 aliphatic carbocycles. The van der Waals surface area contributed by atoms with E-state index >= 15 is 0 Å². The third kappa shape index (κ3) is 16.7. The number of carbonyl (C=O) groups excluding carboxylic acids is 5. The molecule has 2 N–H and O–H groups in total. The van der Waals surface area contributed by atoms with Crippen molar-refractivity contribution in [2.75, 3.05) is 34.5 Å². The Bertz CT molecular complexity index is 2120. The minimum absolute atomic E-state index is 0.0190. The number of Topliss-reactive ketones (excluding diaryl/α,β-unsaturated/α-hetero) is 3. The van der Waals surface area contributed by atoms with Crippen molar-refractivity contribution in [2.24, 2.45) is 35.5 Å². The molecule has 0 spiro atoms. The Hall–Kier alpha value is -4.15. The van der Waals surface area contributed by atoms with Gasteiger partial charge >= 0.3 is 5.97 Å². The Labute approximate surface area is 441 Å². The van der Waals surface area contributed by atoms with E-state index in [9.17, 15) is 34.2 Å². The number of rotatable bonds is 11. The molecule has 1 amide bonds. The lowest BCUT2D eigenvalue weighted by Gasteiger charge is -2.42. The molecular formula is C60H89NO13. The zero-order chi connectivity index (χ0) is 54.1. The maximum absolute atomic E-state index is 14.6. The van der Waals surface area contributed by atoms with E-state index in [-0.39, 0.29) is 60.9 Å². The standard InChI is InChI=1S/C60H89NO13/c1-38-20-13-11-14-21-39(2)51(69-8)36-47-28-26-44(7)60(68,74-47)57(65)58(66)61-30-18-17-25-48(61)59(67)73-52(37-49(62)40(3)33-43(6)55(64)56(71-10)54(63)42(5)32-38)41(4)34-46-27-29-50(53(35-46)70-9)72-31-19-24-45-22-15-12-16-23-45/h11-16,20-23,33,38,40-42,44,46-48,50-53,55-56,64,68H,17-19,24-32,34-37H2,1-10H3/b14-11+,20-13+,39-21+,43-33+/t38-,40-,41?,42-,44-,46+,47?,48+,50-,51+,52?,53-,55-,56+,60-/m1/s1. The summed E-state index contributed by atoms with van der Waals surface area (Å²) in [4.78, 5) is 72.7. The smallest absolute Gasteiger partial charge is 0.329 e. The summed E-state index contributed by atoms with van der Waals surface area (Å²) in [7, 11) is 4.68. The number of piperidine rings is 1. The molecule has 14 nitrogen and oxygen atoms in total. The second-order valence-electron chi connectivity index (χ2n) is 22.0. The highest BCUT2D eigenvalue weighted by Crippen LogP contribution is 2.38. The van der Waals surface area contributed by atoms with Gasteiger partial charge in [0.25, 0.3) is 11.7 Å². The van der Waals surface area contributed by atoms with E-state index < -0.39 is 77.8 Å². The normalized spacial score (nSPS) is 36.9. The summed E-state index contributed by atoms with van der Waals surface area (Å²) in [6.45, 7) is 13.5. The van der Waals surface area contributed by atoms with Crippen molar-refractivity contribution in [3.8, 4) is 0 Å². The van der Waals surface area contributed by atoms with Crippen LogP contribution in [0.1, 0.15) is 138 Å². The lowest BCUT2D eigenvalue weighted by atomic mass is 9.78. The van der Waals surface area contributed by atoms with E-state index in [1.54, 1.807) is 41.1 Å². The molecule has 0 radical (unpaired) electrons. The highest BCUT2D eigenvalue weighted by atomic mass is 16.6. The number of amides is 1. The number of methoxy groups -OCH3 is 3. The molecule has 14 heteroatoms. The van der Waals surface area contributed by atoms with E-state index in [0.29, 0.717) is 57.1 Å². The van der Waals surface area contributed by atoms with Crippen LogP contribution in [0, 0.1) is 35.5 Å². The second-order valence-corrected chi connectivity index (χ2v) is 22.0. The van der Waals surface area contributed by atoms with Gasteiger partial charge in [0.15, 0.2) is 5.78 Å². The van der Waals surface area contributed by atoms with Gasteiger partial charge in [-0.05, 0) is 125 Å². The first-order valence-corrected chi connectivity index (χ1v) is 27.5. The largest absolute Gasteiger partial charge is 0.460 e. The second kappa shape index (κ2) is 29.4. The Morgan fingerprint density at radius 2 is 1.57 bits per heavy atom. The Kier molecular flexibility index (Phi) is 24.1. The number of aliphatic hydroxyl groups is 2. The zero-order valence-corrected chi connectivity index (χ0v) is 46.1. The average Bonchev–Trinajstić information content (AvgIpc) is 3.39. The number of aryl methyl sites for hydroxylation is 1. The van der Waals surface area contributed by atoms with E-state index in [1.807, 2.05) is 76.3 Å². The van der Waals surface area contributed by atoms with Crippen LogP contribution in [0.15, 0.2) is 77.9 Å². The van der Waals surface area contributed by atoms with Crippen molar-refractivity contribution < 1.29 is 62.6 Å². The van der Waals surface area contributed by atoms with Gasteiger partial charge in [0, 0.05) is 65.1 Å². The molecule has 3 unspecified atom stereocenters. The summed E-state index contributed by atoms with van der Waals surface area (Å²) in [6.07, 6.45) is 14.4. The van der Waals surface area contributed by atoms with E-state index in [0.717, 1.165) is 37.7 Å². The summed E-state index contributed by atoms with van der Waals surface area (Å²) in [5.74, 6) is -7.80. The molecule has 2 bridgehead atoms. The zero-order valence-electron chi connectivity index (χ0n) is 46.1. The number of carbonyl (C=O) groups is 5. The highest BCUT2D eigenvalue weighted by Gasteiger charge is 2.53. The first-order valence-electron chi connectivity index (χ1n) is 27.5. The van der Waals surface area contributed by atoms with E-state index in [2.05, 4.69) is 12.1 Å². The molecule has 1 saturated carbocycles. The predicted octanol–water partition coefficient (Wildman–Crippen LogP) is 8.84. The molecule has 15 atom stereocenters. The van der Waals surface area contributed by atoms with Crippen LogP contribution in [0.25, 0.3) is 0 Å². The summed E-state index contributed by atoms with van der Waals surface area (Å²) in [5.41, 5.74) is 2.55. The van der Waals surface area contributed by atoms with Crippen LogP contribution >= 0.6 is 0 Å². The molecule has 412 valence electrons. The fourth-order valence-corrected chi connectivity index (χ4v) is 11.4. The number of benzene rings is 1. The number of hydrogen-bond donors (Lipinski definition) is 2. The molecule has 0 aromatic heterocycles. The lowest BCUT2D eigenvalue weighted by molar-refractivity contribution is -0.265. The van der Waals surface area contributed by atoms with Crippen molar-refractivity contribution in [3.63, 3.8) is 0 Å². The number of esters is 1. The molecule has 4 aliphatic rings. The van der Waals surface area contributed by atoms with E-state index in [4.69, 9.17) is 28.4 Å².